The first-order valence-electron chi connectivity index (χ1n) is 7.95. The van der Waals surface area contributed by atoms with Crippen LogP contribution in [0.4, 0.5) is 0 Å². The molecule has 4 rings (SSSR count). The fourth-order valence-electron chi connectivity index (χ4n) is 2.91. The largest absolute Gasteiger partial charge is 0.471 e. The van der Waals surface area contributed by atoms with Crippen molar-refractivity contribution in [1.82, 2.24) is 14.9 Å². The van der Waals surface area contributed by atoms with Gasteiger partial charge in [-0.25, -0.2) is 9.78 Å². The Morgan fingerprint density at radius 2 is 2.16 bits per heavy atom. The van der Waals surface area contributed by atoms with Crippen LogP contribution in [0, 0.1) is 0 Å². The van der Waals surface area contributed by atoms with Crippen molar-refractivity contribution in [2.24, 2.45) is 0 Å². The van der Waals surface area contributed by atoms with Gasteiger partial charge in [0.25, 0.3) is 5.91 Å². The summed E-state index contributed by atoms with van der Waals surface area (Å²) in [5, 5.41) is 0.719. The highest BCUT2D eigenvalue weighted by Crippen LogP contribution is 2.19. The number of amides is 1. The quantitative estimate of drug-likeness (QED) is 0.678. The van der Waals surface area contributed by atoms with Crippen molar-refractivity contribution < 1.29 is 13.9 Å². The third-order valence-corrected chi connectivity index (χ3v) is 4.13. The maximum absolute atomic E-state index is 12.7. The van der Waals surface area contributed by atoms with Crippen molar-refractivity contribution in [3.8, 4) is 5.88 Å². The molecule has 7 nitrogen and oxygen atoms in total. The van der Waals surface area contributed by atoms with Gasteiger partial charge >= 0.3 is 5.63 Å². The molecule has 1 saturated heterocycles. The van der Waals surface area contributed by atoms with Gasteiger partial charge < -0.3 is 14.1 Å². The zero-order chi connectivity index (χ0) is 17.2. The van der Waals surface area contributed by atoms with E-state index >= 15 is 0 Å². The highest BCUT2D eigenvalue weighted by atomic mass is 16.5. The highest BCUT2D eigenvalue weighted by molar-refractivity contribution is 5.96. The van der Waals surface area contributed by atoms with E-state index in [9.17, 15) is 9.59 Å². The third-order valence-electron chi connectivity index (χ3n) is 4.13. The molecule has 25 heavy (non-hydrogen) atoms. The summed E-state index contributed by atoms with van der Waals surface area (Å²) in [5.41, 5.74) is -0.116. The first-order valence-corrected chi connectivity index (χ1v) is 7.95. The number of benzene rings is 1. The molecule has 1 aliphatic rings. The van der Waals surface area contributed by atoms with Gasteiger partial charge in [-0.2, -0.15) is 0 Å². The number of ether oxygens (including phenoxy) is 1. The zero-order valence-corrected chi connectivity index (χ0v) is 13.3. The molecule has 0 N–H and O–H groups in total. The van der Waals surface area contributed by atoms with Crippen molar-refractivity contribution in [3.63, 3.8) is 0 Å². The number of carbonyl (C=O) groups is 1. The van der Waals surface area contributed by atoms with E-state index in [1.165, 1.54) is 6.20 Å². The molecule has 2 aromatic heterocycles. The molecule has 0 radical (unpaired) electrons. The zero-order valence-electron chi connectivity index (χ0n) is 13.3. The van der Waals surface area contributed by atoms with E-state index in [4.69, 9.17) is 9.15 Å². The summed E-state index contributed by atoms with van der Waals surface area (Å²) in [6.45, 7) is 0.900. The average Bonchev–Trinajstić information content (AvgIpc) is 3.10. The minimum absolute atomic E-state index is 0.0406. The number of hydrogen-bond acceptors (Lipinski definition) is 6. The van der Waals surface area contributed by atoms with Crippen molar-refractivity contribution >= 4 is 16.9 Å². The van der Waals surface area contributed by atoms with Gasteiger partial charge in [0, 0.05) is 30.7 Å². The number of aromatic nitrogens is 2. The Hall–Kier alpha value is -3.22. The predicted octanol–water partition coefficient (Wildman–Crippen LogP) is 1.88. The van der Waals surface area contributed by atoms with Crippen LogP contribution in [0.3, 0.4) is 0 Å². The van der Waals surface area contributed by atoms with Gasteiger partial charge in [-0.1, -0.05) is 18.2 Å². The smallest absolute Gasteiger partial charge is 0.349 e. The Labute approximate surface area is 142 Å². The van der Waals surface area contributed by atoms with Crippen LogP contribution in [-0.2, 0) is 0 Å². The normalized spacial score (nSPS) is 17.0. The summed E-state index contributed by atoms with van der Waals surface area (Å²) in [5.74, 6) is 0.0803. The second-order valence-electron chi connectivity index (χ2n) is 5.81. The summed E-state index contributed by atoms with van der Waals surface area (Å²) in [6.07, 6.45) is 5.14. The Morgan fingerprint density at radius 1 is 1.28 bits per heavy atom. The molecule has 126 valence electrons. The van der Waals surface area contributed by atoms with Crippen molar-refractivity contribution in [2.45, 2.75) is 12.5 Å². The Kier molecular flexibility index (Phi) is 3.89. The third kappa shape index (κ3) is 3.08. The summed E-state index contributed by atoms with van der Waals surface area (Å²) in [6, 6.07) is 8.70. The molecule has 1 atom stereocenters. The predicted molar refractivity (Wildman–Crippen MR) is 89.5 cm³/mol. The van der Waals surface area contributed by atoms with Gasteiger partial charge in [0.1, 0.15) is 17.3 Å². The molecular weight excluding hydrogens is 322 g/mol. The number of likely N-dealkylation sites (tertiary alicyclic amines) is 1. The van der Waals surface area contributed by atoms with Crippen LogP contribution in [0.25, 0.3) is 11.0 Å². The molecule has 0 bridgehead atoms. The van der Waals surface area contributed by atoms with Crippen LogP contribution < -0.4 is 10.4 Å². The van der Waals surface area contributed by atoms with E-state index in [-0.39, 0.29) is 17.6 Å². The standard InChI is InChI=1S/C18H15N3O4/c22-17(14-9-12-3-1-2-4-15(12)25-18(14)23)21-8-5-13(11-21)24-16-10-19-6-7-20-16/h1-4,6-7,9-10,13H,5,8,11H2. The molecule has 0 spiro atoms. The Balaban J connectivity index is 1.52. The van der Waals surface area contributed by atoms with Gasteiger partial charge in [0.05, 0.1) is 12.7 Å². The molecule has 3 heterocycles. The van der Waals surface area contributed by atoms with Crippen LogP contribution in [0.1, 0.15) is 16.8 Å². The number of para-hydroxylation sites is 1. The minimum Gasteiger partial charge on any atom is -0.471 e. The van der Waals surface area contributed by atoms with E-state index < -0.39 is 5.63 Å². The Bertz CT molecular complexity index is 971. The molecule has 7 heteroatoms. The molecule has 1 amide bonds. The first kappa shape index (κ1) is 15.3. The molecule has 0 saturated carbocycles. The van der Waals surface area contributed by atoms with Gasteiger partial charge in [-0.3, -0.25) is 9.78 Å². The SMILES string of the molecule is O=C(c1cc2ccccc2oc1=O)N1CCC(Oc2cnccn2)C1. The number of rotatable bonds is 3. The van der Waals surface area contributed by atoms with Crippen LogP contribution in [0.2, 0.25) is 0 Å². The number of hydrogen-bond donors (Lipinski definition) is 0. The van der Waals surface area contributed by atoms with Gasteiger partial charge in [-0.05, 0) is 12.1 Å². The van der Waals surface area contributed by atoms with E-state index in [0.29, 0.717) is 31.0 Å². The molecule has 1 unspecified atom stereocenters. The van der Waals surface area contributed by atoms with Gasteiger partial charge in [0.2, 0.25) is 5.88 Å². The summed E-state index contributed by atoms with van der Waals surface area (Å²) < 4.78 is 11.0. The molecule has 3 aromatic rings. The van der Waals surface area contributed by atoms with E-state index in [2.05, 4.69) is 9.97 Å². The fourth-order valence-corrected chi connectivity index (χ4v) is 2.91. The number of fused-ring (bicyclic) bond motifs is 1. The van der Waals surface area contributed by atoms with Crippen LogP contribution >= 0.6 is 0 Å². The topological polar surface area (TPSA) is 85.5 Å². The number of carbonyl (C=O) groups excluding carboxylic acids is 1. The van der Waals surface area contributed by atoms with Crippen LogP contribution in [0.5, 0.6) is 5.88 Å². The maximum Gasteiger partial charge on any atom is 0.349 e. The second kappa shape index (κ2) is 6.35. The summed E-state index contributed by atoms with van der Waals surface area (Å²) in [4.78, 5) is 34.4. The highest BCUT2D eigenvalue weighted by Gasteiger charge is 2.30. The van der Waals surface area contributed by atoms with Gasteiger partial charge in [0.15, 0.2) is 0 Å². The molecule has 1 fully saturated rings. The number of nitrogens with zero attached hydrogens (tertiary/aromatic N) is 3. The first-order chi connectivity index (χ1) is 12.2. The molecule has 1 aliphatic heterocycles. The van der Waals surface area contributed by atoms with Crippen molar-refractivity contribution in [2.75, 3.05) is 13.1 Å². The Morgan fingerprint density at radius 3 is 3.00 bits per heavy atom. The van der Waals surface area contributed by atoms with E-state index in [1.807, 2.05) is 6.07 Å². The monoisotopic (exact) mass is 337 g/mol. The molecule has 1 aromatic carbocycles. The van der Waals surface area contributed by atoms with Crippen molar-refractivity contribution in [1.29, 1.82) is 0 Å². The fraction of sp³-hybridized carbons (Fsp3) is 0.222. The average molecular weight is 337 g/mol. The maximum atomic E-state index is 12.7. The summed E-state index contributed by atoms with van der Waals surface area (Å²) >= 11 is 0. The van der Waals surface area contributed by atoms with E-state index in [1.54, 1.807) is 41.6 Å². The second-order valence-corrected chi connectivity index (χ2v) is 5.81. The lowest BCUT2D eigenvalue weighted by molar-refractivity contribution is 0.0767. The van der Waals surface area contributed by atoms with Crippen LogP contribution in [-0.4, -0.2) is 40.0 Å². The minimum atomic E-state index is -0.623. The summed E-state index contributed by atoms with van der Waals surface area (Å²) in [7, 11) is 0. The lowest BCUT2D eigenvalue weighted by Crippen LogP contribution is -2.33. The molecular formula is C18H15N3O4. The molecule has 0 aliphatic carbocycles. The van der Waals surface area contributed by atoms with Gasteiger partial charge in [-0.15, -0.1) is 0 Å². The van der Waals surface area contributed by atoms with Crippen molar-refractivity contribution in [3.05, 3.63) is 64.9 Å². The lowest BCUT2D eigenvalue weighted by Gasteiger charge is -2.16. The van der Waals surface area contributed by atoms with Crippen LogP contribution in [0.15, 0.2) is 58.1 Å². The van der Waals surface area contributed by atoms with E-state index in [0.717, 1.165) is 5.39 Å². The lowest BCUT2D eigenvalue weighted by atomic mass is 10.1.